The smallest absolute Gasteiger partial charge is 0.321 e. The van der Waals surface area contributed by atoms with Crippen LogP contribution in [0.3, 0.4) is 0 Å². The van der Waals surface area contributed by atoms with Gasteiger partial charge in [-0.1, -0.05) is 19.9 Å². The number of methoxy groups -OCH3 is 1. The van der Waals surface area contributed by atoms with E-state index in [1.165, 1.54) is 24.5 Å². The Labute approximate surface area is 133 Å². The van der Waals surface area contributed by atoms with E-state index < -0.39 is 0 Å². The van der Waals surface area contributed by atoms with Gasteiger partial charge in [-0.15, -0.1) is 11.3 Å². The molecule has 22 heavy (non-hydrogen) atoms. The van der Waals surface area contributed by atoms with Gasteiger partial charge in [-0.05, 0) is 23.6 Å². The van der Waals surface area contributed by atoms with Gasteiger partial charge in [-0.3, -0.25) is 5.32 Å². The molecule has 0 spiro atoms. The first-order chi connectivity index (χ1) is 10.5. The Hall–Kier alpha value is -2.28. The van der Waals surface area contributed by atoms with Crippen LogP contribution in [0.2, 0.25) is 0 Å². The van der Waals surface area contributed by atoms with Gasteiger partial charge < -0.3 is 15.2 Å². The first-order valence-corrected chi connectivity index (χ1v) is 7.67. The van der Waals surface area contributed by atoms with Crippen molar-refractivity contribution in [2.45, 2.75) is 26.3 Å². The maximum atomic E-state index is 11.9. The Balaban J connectivity index is 1.89. The lowest BCUT2D eigenvalue weighted by molar-refractivity contribution is 0.251. The number of phenolic OH excluding ortho intramolecular Hbond substituents is 1. The number of anilines is 1. The highest BCUT2D eigenvalue weighted by Gasteiger charge is 2.09. The number of ether oxygens (including phenoxy) is 1. The molecule has 6 nitrogen and oxygen atoms in total. The number of amides is 2. The molecule has 0 aliphatic rings. The van der Waals surface area contributed by atoms with Crippen molar-refractivity contribution in [3.05, 3.63) is 34.8 Å². The average Bonchev–Trinajstić information content (AvgIpc) is 2.95. The van der Waals surface area contributed by atoms with Gasteiger partial charge in [0.15, 0.2) is 16.6 Å². The number of thiazole rings is 1. The molecule has 2 aromatic rings. The second kappa shape index (κ2) is 7.13. The number of nitrogens with zero attached hydrogens (tertiary/aromatic N) is 1. The first kappa shape index (κ1) is 16.1. The van der Waals surface area contributed by atoms with Crippen molar-refractivity contribution < 1.29 is 14.6 Å². The largest absolute Gasteiger partial charge is 0.504 e. The third-order valence-electron chi connectivity index (χ3n) is 3.01. The minimum absolute atomic E-state index is 0.0692. The lowest BCUT2D eigenvalue weighted by Gasteiger charge is -2.08. The van der Waals surface area contributed by atoms with E-state index in [2.05, 4.69) is 29.5 Å². The fourth-order valence-corrected chi connectivity index (χ4v) is 2.58. The van der Waals surface area contributed by atoms with Gasteiger partial charge in [0.25, 0.3) is 0 Å². The predicted octanol–water partition coefficient (Wildman–Crippen LogP) is 3.30. The van der Waals surface area contributed by atoms with Crippen LogP contribution < -0.4 is 15.4 Å². The van der Waals surface area contributed by atoms with Crippen LogP contribution in [-0.4, -0.2) is 23.2 Å². The summed E-state index contributed by atoms with van der Waals surface area (Å²) in [6.07, 6.45) is 1.77. The molecular formula is C15H19N3O3S. The van der Waals surface area contributed by atoms with E-state index in [1.807, 2.05) is 0 Å². The molecule has 1 aromatic heterocycles. The van der Waals surface area contributed by atoms with Crippen LogP contribution in [0, 0.1) is 0 Å². The molecule has 1 heterocycles. The number of rotatable bonds is 5. The molecule has 118 valence electrons. The molecule has 0 bridgehead atoms. The minimum Gasteiger partial charge on any atom is -0.504 e. The van der Waals surface area contributed by atoms with E-state index in [-0.39, 0.29) is 11.8 Å². The zero-order valence-corrected chi connectivity index (χ0v) is 13.5. The van der Waals surface area contributed by atoms with Crippen molar-refractivity contribution in [2.24, 2.45) is 0 Å². The second-order valence-corrected chi connectivity index (χ2v) is 6.10. The number of carbonyl (C=O) groups is 1. The topological polar surface area (TPSA) is 83.5 Å². The van der Waals surface area contributed by atoms with E-state index in [0.29, 0.717) is 23.3 Å². The summed E-state index contributed by atoms with van der Waals surface area (Å²) >= 11 is 1.46. The number of aromatic hydroxyl groups is 1. The van der Waals surface area contributed by atoms with Crippen molar-refractivity contribution in [3.8, 4) is 11.5 Å². The summed E-state index contributed by atoms with van der Waals surface area (Å²) in [7, 11) is 1.48. The van der Waals surface area contributed by atoms with Crippen molar-refractivity contribution in [2.75, 3.05) is 12.4 Å². The lowest BCUT2D eigenvalue weighted by Crippen LogP contribution is -2.28. The maximum absolute atomic E-state index is 11.9. The SMILES string of the molecule is COc1cc(CNC(=O)Nc2ncc(C(C)C)s2)ccc1O. The fourth-order valence-electron chi connectivity index (χ4n) is 1.77. The number of hydrogen-bond acceptors (Lipinski definition) is 5. The van der Waals surface area contributed by atoms with Crippen LogP contribution in [0.4, 0.5) is 9.93 Å². The normalized spacial score (nSPS) is 10.5. The third-order valence-corrected chi connectivity index (χ3v) is 4.22. The maximum Gasteiger partial charge on any atom is 0.321 e. The van der Waals surface area contributed by atoms with E-state index in [4.69, 9.17) is 4.74 Å². The first-order valence-electron chi connectivity index (χ1n) is 6.86. The summed E-state index contributed by atoms with van der Waals surface area (Å²) in [6.45, 7) is 4.48. The van der Waals surface area contributed by atoms with E-state index >= 15 is 0 Å². The van der Waals surface area contributed by atoms with Gasteiger partial charge in [0.05, 0.1) is 7.11 Å². The van der Waals surface area contributed by atoms with Crippen LogP contribution in [0.1, 0.15) is 30.2 Å². The molecular weight excluding hydrogens is 302 g/mol. The number of hydrogen-bond donors (Lipinski definition) is 3. The Kier molecular flexibility index (Phi) is 5.21. The minimum atomic E-state index is -0.323. The van der Waals surface area contributed by atoms with Crippen LogP contribution in [0.5, 0.6) is 11.5 Å². The van der Waals surface area contributed by atoms with Crippen molar-refractivity contribution in [1.82, 2.24) is 10.3 Å². The molecule has 0 saturated heterocycles. The molecule has 1 aromatic carbocycles. The van der Waals surface area contributed by atoms with Crippen LogP contribution >= 0.6 is 11.3 Å². The van der Waals surface area contributed by atoms with Gasteiger partial charge in [-0.2, -0.15) is 0 Å². The number of carbonyl (C=O) groups excluding carboxylic acids is 1. The standard InChI is InChI=1S/C15H19N3O3S/c1-9(2)13-8-17-15(22-13)18-14(20)16-7-10-4-5-11(19)12(6-10)21-3/h4-6,8-9,19H,7H2,1-3H3,(H2,16,17,18,20). The van der Waals surface area contributed by atoms with Crippen molar-refractivity contribution in [3.63, 3.8) is 0 Å². The predicted molar refractivity (Wildman–Crippen MR) is 86.7 cm³/mol. The number of urea groups is 1. The van der Waals surface area contributed by atoms with E-state index in [1.54, 1.807) is 18.3 Å². The number of benzene rings is 1. The lowest BCUT2D eigenvalue weighted by atomic mass is 10.2. The average molecular weight is 321 g/mol. The molecule has 2 amide bonds. The van der Waals surface area contributed by atoms with Gasteiger partial charge in [-0.25, -0.2) is 9.78 Å². The summed E-state index contributed by atoms with van der Waals surface area (Å²) in [5.74, 6) is 0.835. The number of aromatic nitrogens is 1. The summed E-state index contributed by atoms with van der Waals surface area (Å²) in [6, 6.07) is 4.61. The van der Waals surface area contributed by atoms with E-state index in [0.717, 1.165) is 10.4 Å². The Morgan fingerprint density at radius 1 is 1.45 bits per heavy atom. The Morgan fingerprint density at radius 3 is 2.86 bits per heavy atom. The highest BCUT2D eigenvalue weighted by Crippen LogP contribution is 2.26. The highest BCUT2D eigenvalue weighted by atomic mass is 32.1. The van der Waals surface area contributed by atoms with Crippen LogP contribution in [0.25, 0.3) is 0 Å². The molecule has 0 atom stereocenters. The third kappa shape index (κ3) is 4.11. The highest BCUT2D eigenvalue weighted by molar-refractivity contribution is 7.15. The molecule has 3 N–H and O–H groups in total. The molecule has 0 fully saturated rings. The summed E-state index contributed by atoms with van der Waals surface area (Å²) < 4.78 is 5.03. The Bertz CT molecular complexity index is 655. The van der Waals surface area contributed by atoms with Crippen LogP contribution in [-0.2, 0) is 6.54 Å². The van der Waals surface area contributed by atoms with Gasteiger partial charge in [0.1, 0.15) is 0 Å². The quantitative estimate of drug-likeness (QED) is 0.789. The summed E-state index contributed by atoms with van der Waals surface area (Å²) in [5, 5.41) is 15.5. The van der Waals surface area contributed by atoms with Gasteiger partial charge >= 0.3 is 6.03 Å². The monoisotopic (exact) mass is 321 g/mol. The summed E-state index contributed by atoms with van der Waals surface area (Å²) in [5.41, 5.74) is 0.826. The molecule has 7 heteroatoms. The van der Waals surface area contributed by atoms with Crippen molar-refractivity contribution in [1.29, 1.82) is 0 Å². The molecule has 2 rings (SSSR count). The zero-order valence-electron chi connectivity index (χ0n) is 12.7. The molecule has 0 aliphatic heterocycles. The zero-order chi connectivity index (χ0) is 16.1. The Morgan fingerprint density at radius 2 is 2.23 bits per heavy atom. The summed E-state index contributed by atoms with van der Waals surface area (Å²) in [4.78, 5) is 17.1. The molecule has 0 saturated carbocycles. The van der Waals surface area contributed by atoms with E-state index in [9.17, 15) is 9.90 Å². The fraction of sp³-hybridized carbons (Fsp3) is 0.333. The molecule has 0 aliphatic carbocycles. The van der Waals surface area contributed by atoms with Crippen molar-refractivity contribution >= 4 is 22.5 Å². The number of phenols is 1. The molecule has 0 radical (unpaired) electrons. The van der Waals surface area contributed by atoms with Gasteiger partial charge in [0.2, 0.25) is 0 Å². The van der Waals surface area contributed by atoms with Crippen LogP contribution in [0.15, 0.2) is 24.4 Å². The molecule has 0 unspecified atom stereocenters. The van der Waals surface area contributed by atoms with Gasteiger partial charge in [0, 0.05) is 17.6 Å². The second-order valence-electron chi connectivity index (χ2n) is 5.04. The number of nitrogens with one attached hydrogen (secondary N) is 2.